The van der Waals surface area contributed by atoms with E-state index in [-0.39, 0.29) is 11.7 Å². The lowest BCUT2D eigenvalue weighted by molar-refractivity contribution is 0.0772. The summed E-state index contributed by atoms with van der Waals surface area (Å²) in [7, 11) is 0. The van der Waals surface area contributed by atoms with Crippen molar-refractivity contribution < 1.29 is 9.18 Å². The number of pyridine rings is 1. The van der Waals surface area contributed by atoms with Gasteiger partial charge in [-0.3, -0.25) is 9.78 Å². The van der Waals surface area contributed by atoms with Gasteiger partial charge in [-0.2, -0.15) is 0 Å². The highest BCUT2D eigenvalue weighted by atomic mass is 19.1. The Morgan fingerprint density at radius 1 is 1.23 bits per heavy atom. The molecule has 5 heteroatoms. The Bertz CT molecular complexity index is 641. The number of hydrogen-bond donors (Lipinski definition) is 1. The van der Waals surface area contributed by atoms with Crippen molar-refractivity contribution in [1.82, 2.24) is 9.88 Å². The number of anilines is 1. The molecule has 4 nitrogen and oxygen atoms in total. The monoisotopic (exact) mass is 301 g/mol. The number of carbonyl (C=O) groups is 1. The third-order valence-electron chi connectivity index (χ3n) is 3.48. The van der Waals surface area contributed by atoms with Gasteiger partial charge < -0.3 is 10.2 Å². The van der Waals surface area contributed by atoms with E-state index in [0.29, 0.717) is 36.4 Å². The Labute approximate surface area is 130 Å². The van der Waals surface area contributed by atoms with Crippen LogP contribution >= 0.6 is 0 Å². The predicted molar refractivity (Wildman–Crippen MR) is 85.2 cm³/mol. The van der Waals surface area contributed by atoms with Crippen molar-refractivity contribution in [2.45, 2.75) is 20.4 Å². The molecule has 1 heterocycles. The van der Waals surface area contributed by atoms with Crippen LogP contribution in [0.2, 0.25) is 0 Å². The standard InChI is InChI=1S/C17H20FN3O/c1-3-21(4-2)17(22)14-9-15(12-19-10-14)20-11-13-7-5-6-8-16(13)18/h5-10,12,20H,3-4,11H2,1-2H3. The summed E-state index contributed by atoms with van der Waals surface area (Å²) in [5.74, 6) is -0.301. The third kappa shape index (κ3) is 3.81. The number of amides is 1. The van der Waals surface area contributed by atoms with E-state index in [2.05, 4.69) is 10.3 Å². The first-order valence-corrected chi connectivity index (χ1v) is 7.37. The van der Waals surface area contributed by atoms with Crippen molar-refractivity contribution in [2.75, 3.05) is 18.4 Å². The Balaban J connectivity index is 2.09. The van der Waals surface area contributed by atoms with Gasteiger partial charge in [-0.25, -0.2) is 4.39 Å². The van der Waals surface area contributed by atoms with Crippen LogP contribution in [0.25, 0.3) is 0 Å². The van der Waals surface area contributed by atoms with Gasteiger partial charge in [0.1, 0.15) is 5.82 Å². The first kappa shape index (κ1) is 15.9. The van der Waals surface area contributed by atoms with Crippen LogP contribution < -0.4 is 5.32 Å². The van der Waals surface area contributed by atoms with Crippen molar-refractivity contribution in [1.29, 1.82) is 0 Å². The molecular weight excluding hydrogens is 281 g/mol. The average molecular weight is 301 g/mol. The fourth-order valence-corrected chi connectivity index (χ4v) is 2.19. The molecule has 0 saturated heterocycles. The maximum atomic E-state index is 13.6. The SMILES string of the molecule is CCN(CC)C(=O)c1cncc(NCc2ccccc2F)c1. The molecule has 0 bridgehead atoms. The lowest BCUT2D eigenvalue weighted by atomic mass is 10.2. The molecule has 0 aliphatic carbocycles. The van der Waals surface area contributed by atoms with Crippen LogP contribution in [0.1, 0.15) is 29.8 Å². The van der Waals surface area contributed by atoms with E-state index >= 15 is 0 Å². The van der Waals surface area contributed by atoms with Crippen LogP contribution in [0.15, 0.2) is 42.7 Å². The third-order valence-corrected chi connectivity index (χ3v) is 3.48. The first-order chi connectivity index (χ1) is 10.7. The molecule has 22 heavy (non-hydrogen) atoms. The second-order valence-corrected chi connectivity index (χ2v) is 4.88. The number of nitrogens with one attached hydrogen (secondary N) is 1. The molecule has 0 spiro atoms. The smallest absolute Gasteiger partial charge is 0.255 e. The number of aromatic nitrogens is 1. The fourth-order valence-electron chi connectivity index (χ4n) is 2.19. The maximum absolute atomic E-state index is 13.6. The highest BCUT2D eigenvalue weighted by molar-refractivity contribution is 5.94. The van der Waals surface area contributed by atoms with Gasteiger partial charge in [0.25, 0.3) is 5.91 Å². The summed E-state index contributed by atoms with van der Waals surface area (Å²) in [6.45, 7) is 5.53. The molecule has 0 aliphatic rings. The summed E-state index contributed by atoms with van der Waals surface area (Å²) in [4.78, 5) is 18.1. The van der Waals surface area contributed by atoms with E-state index in [1.54, 1.807) is 41.6 Å². The van der Waals surface area contributed by atoms with Crippen LogP contribution in [0.5, 0.6) is 0 Å². The maximum Gasteiger partial charge on any atom is 0.255 e. The van der Waals surface area contributed by atoms with Crippen LogP contribution in [0.3, 0.4) is 0 Å². The number of nitrogens with zero attached hydrogens (tertiary/aromatic N) is 2. The van der Waals surface area contributed by atoms with Gasteiger partial charge in [-0.1, -0.05) is 18.2 Å². The zero-order chi connectivity index (χ0) is 15.9. The molecule has 0 fully saturated rings. The van der Waals surface area contributed by atoms with Crippen molar-refractivity contribution in [3.05, 3.63) is 59.7 Å². The van der Waals surface area contributed by atoms with Gasteiger partial charge in [0, 0.05) is 37.6 Å². The van der Waals surface area contributed by atoms with Crippen molar-refractivity contribution >= 4 is 11.6 Å². The zero-order valence-corrected chi connectivity index (χ0v) is 12.8. The van der Waals surface area contributed by atoms with Gasteiger partial charge in [-0.15, -0.1) is 0 Å². The Kier molecular flexibility index (Phi) is 5.47. The quantitative estimate of drug-likeness (QED) is 0.890. The molecule has 0 radical (unpaired) electrons. The van der Waals surface area contributed by atoms with Gasteiger partial charge in [0.2, 0.25) is 0 Å². The first-order valence-electron chi connectivity index (χ1n) is 7.37. The minimum absolute atomic E-state index is 0.0490. The molecule has 1 amide bonds. The molecule has 116 valence electrons. The largest absolute Gasteiger partial charge is 0.380 e. The summed E-state index contributed by atoms with van der Waals surface area (Å²) in [6, 6.07) is 8.34. The average Bonchev–Trinajstić information content (AvgIpc) is 2.55. The van der Waals surface area contributed by atoms with Crippen molar-refractivity contribution in [3.63, 3.8) is 0 Å². The van der Waals surface area contributed by atoms with Crippen LogP contribution in [-0.4, -0.2) is 28.9 Å². The van der Waals surface area contributed by atoms with Gasteiger partial charge in [0.15, 0.2) is 0 Å². The van der Waals surface area contributed by atoms with E-state index in [4.69, 9.17) is 0 Å². The van der Waals surface area contributed by atoms with Gasteiger partial charge >= 0.3 is 0 Å². The normalized spacial score (nSPS) is 10.3. The van der Waals surface area contributed by atoms with Crippen LogP contribution in [-0.2, 0) is 6.54 Å². The Morgan fingerprint density at radius 2 is 1.95 bits per heavy atom. The summed E-state index contributed by atoms with van der Waals surface area (Å²) in [5, 5.41) is 3.10. The summed E-state index contributed by atoms with van der Waals surface area (Å²) in [5.41, 5.74) is 1.80. The molecule has 0 atom stereocenters. The second-order valence-electron chi connectivity index (χ2n) is 4.88. The molecule has 2 aromatic rings. The number of halogens is 1. The molecule has 1 aromatic carbocycles. The lowest BCUT2D eigenvalue weighted by Gasteiger charge is -2.18. The number of carbonyl (C=O) groups excluding carboxylic acids is 1. The van der Waals surface area contributed by atoms with Gasteiger partial charge in [-0.05, 0) is 26.0 Å². The summed E-state index contributed by atoms with van der Waals surface area (Å²) >= 11 is 0. The number of benzene rings is 1. The Hall–Kier alpha value is -2.43. The molecule has 1 N–H and O–H groups in total. The summed E-state index contributed by atoms with van der Waals surface area (Å²) in [6.07, 6.45) is 3.18. The highest BCUT2D eigenvalue weighted by Gasteiger charge is 2.13. The Morgan fingerprint density at radius 3 is 2.64 bits per heavy atom. The molecule has 1 aromatic heterocycles. The molecule has 2 rings (SSSR count). The fraction of sp³-hybridized carbons (Fsp3) is 0.294. The van der Waals surface area contributed by atoms with E-state index in [1.165, 1.54) is 6.07 Å². The van der Waals surface area contributed by atoms with E-state index in [0.717, 1.165) is 0 Å². The van der Waals surface area contributed by atoms with E-state index < -0.39 is 0 Å². The van der Waals surface area contributed by atoms with Crippen LogP contribution in [0.4, 0.5) is 10.1 Å². The highest BCUT2D eigenvalue weighted by Crippen LogP contribution is 2.13. The van der Waals surface area contributed by atoms with E-state index in [9.17, 15) is 9.18 Å². The lowest BCUT2D eigenvalue weighted by Crippen LogP contribution is -2.30. The topological polar surface area (TPSA) is 45.2 Å². The minimum Gasteiger partial charge on any atom is -0.380 e. The van der Waals surface area contributed by atoms with Crippen LogP contribution in [0, 0.1) is 5.82 Å². The van der Waals surface area contributed by atoms with Crippen molar-refractivity contribution in [3.8, 4) is 0 Å². The second kappa shape index (κ2) is 7.54. The molecule has 0 aliphatic heterocycles. The predicted octanol–water partition coefficient (Wildman–Crippen LogP) is 3.31. The summed E-state index contributed by atoms with van der Waals surface area (Å²) < 4.78 is 13.6. The van der Waals surface area contributed by atoms with Crippen molar-refractivity contribution in [2.24, 2.45) is 0 Å². The molecule has 0 saturated carbocycles. The zero-order valence-electron chi connectivity index (χ0n) is 12.8. The molecular formula is C17H20FN3O. The molecule has 0 unspecified atom stereocenters. The minimum atomic E-state index is -0.252. The number of hydrogen-bond acceptors (Lipinski definition) is 3. The van der Waals surface area contributed by atoms with Gasteiger partial charge in [0.05, 0.1) is 11.3 Å². The number of rotatable bonds is 6. The van der Waals surface area contributed by atoms with E-state index in [1.807, 2.05) is 13.8 Å².